The molecule has 1 aromatic heterocycles. The molecule has 6 nitrogen and oxygen atoms in total. The molecule has 1 aliphatic rings. The lowest BCUT2D eigenvalue weighted by molar-refractivity contribution is -0.143. The molecule has 178 valence electrons. The molecule has 1 atom stereocenters. The molecule has 0 saturated carbocycles. The SMILES string of the molecule is COC(=O)[C@H](CCCCCCCc1ccc2c(n1)NCCC2)NC(=O)c1c(Cl)cccc1Cl. The number of methoxy groups -OCH3 is 1. The van der Waals surface area contributed by atoms with Crippen LogP contribution in [-0.2, 0) is 22.4 Å². The number of carbonyl (C=O) groups is 2. The summed E-state index contributed by atoms with van der Waals surface area (Å²) >= 11 is 12.2. The lowest BCUT2D eigenvalue weighted by atomic mass is 10.0. The zero-order valence-corrected chi connectivity index (χ0v) is 20.5. The molecule has 0 radical (unpaired) electrons. The number of pyridine rings is 1. The lowest BCUT2D eigenvalue weighted by Gasteiger charge is -2.17. The predicted molar refractivity (Wildman–Crippen MR) is 132 cm³/mol. The van der Waals surface area contributed by atoms with E-state index in [1.54, 1.807) is 18.2 Å². The normalized spacial score (nSPS) is 13.5. The van der Waals surface area contributed by atoms with Crippen LogP contribution in [0.1, 0.15) is 66.6 Å². The van der Waals surface area contributed by atoms with Crippen LogP contribution in [-0.4, -0.2) is 36.6 Å². The number of benzene rings is 1. The smallest absolute Gasteiger partial charge is 0.328 e. The Kier molecular flexibility index (Phi) is 9.82. The first kappa shape index (κ1) is 25.3. The molecule has 8 heteroatoms. The van der Waals surface area contributed by atoms with Gasteiger partial charge < -0.3 is 15.4 Å². The molecule has 1 aromatic carbocycles. The first-order valence-corrected chi connectivity index (χ1v) is 12.3. The Bertz CT molecular complexity index is 948. The molecule has 0 spiro atoms. The summed E-state index contributed by atoms with van der Waals surface area (Å²) in [5, 5.41) is 6.59. The Morgan fingerprint density at radius 2 is 1.82 bits per heavy atom. The van der Waals surface area contributed by atoms with E-state index in [2.05, 4.69) is 22.8 Å². The minimum absolute atomic E-state index is 0.167. The van der Waals surface area contributed by atoms with Crippen LogP contribution < -0.4 is 10.6 Å². The van der Waals surface area contributed by atoms with Crippen LogP contribution in [0.15, 0.2) is 30.3 Å². The topological polar surface area (TPSA) is 80.3 Å². The van der Waals surface area contributed by atoms with Crippen LogP contribution in [0.4, 0.5) is 5.82 Å². The van der Waals surface area contributed by atoms with E-state index in [1.165, 1.54) is 19.1 Å². The first-order chi connectivity index (χ1) is 16.0. The molecule has 0 bridgehead atoms. The van der Waals surface area contributed by atoms with E-state index in [4.69, 9.17) is 32.9 Å². The molecule has 0 unspecified atom stereocenters. The van der Waals surface area contributed by atoms with Gasteiger partial charge in [0.25, 0.3) is 5.91 Å². The van der Waals surface area contributed by atoms with Crippen LogP contribution in [0, 0.1) is 0 Å². The quantitative estimate of drug-likeness (QED) is 0.315. The maximum atomic E-state index is 12.6. The number of fused-ring (bicyclic) bond motifs is 1. The van der Waals surface area contributed by atoms with Crippen LogP contribution in [0.2, 0.25) is 10.0 Å². The van der Waals surface area contributed by atoms with Crippen LogP contribution >= 0.6 is 23.2 Å². The maximum Gasteiger partial charge on any atom is 0.328 e. The van der Waals surface area contributed by atoms with Gasteiger partial charge >= 0.3 is 5.97 Å². The van der Waals surface area contributed by atoms with Gasteiger partial charge in [-0.25, -0.2) is 9.78 Å². The first-order valence-electron chi connectivity index (χ1n) is 11.5. The predicted octanol–water partition coefficient (Wildman–Crippen LogP) is 5.60. The zero-order chi connectivity index (χ0) is 23.6. The summed E-state index contributed by atoms with van der Waals surface area (Å²) in [6.07, 6.45) is 8.74. The summed E-state index contributed by atoms with van der Waals surface area (Å²) in [6, 6.07) is 8.44. The minimum atomic E-state index is -0.734. The van der Waals surface area contributed by atoms with Gasteiger partial charge in [0.1, 0.15) is 11.9 Å². The third-order valence-corrected chi connectivity index (χ3v) is 6.49. The number of carbonyl (C=O) groups excluding carboxylic acids is 2. The van der Waals surface area contributed by atoms with Gasteiger partial charge in [0.2, 0.25) is 0 Å². The number of halogens is 2. The number of nitrogens with zero attached hydrogens (tertiary/aromatic N) is 1. The summed E-state index contributed by atoms with van der Waals surface area (Å²) in [6.45, 7) is 1.00. The van der Waals surface area contributed by atoms with E-state index in [1.807, 2.05) is 0 Å². The van der Waals surface area contributed by atoms with Gasteiger partial charge in [-0.3, -0.25) is 4.79 Å². The highest BCUT2D eigenvalue weighted by Gasteiger charge is 2.24. The Balaban J connectivity index is 1.39. The van der Waals surface area contributed by atoms with Crippen molar-refractivity contribution in [2.45, 2.75) is 63.8 Å². The zero-order valence-electron chi connectivity index (χ0n) is 19.0. The average molecular weight is 492 g/mol. The molecular formula is C25H31Cl2N3O3. The third-order valence-electron chi connectivity index (χ3n) is 5.86. The number of anilines is 1. The molecule has 0 saturated heterocycles. The van der Waals surface area contributed by atoms with E-state index in [0.717, 1.165) is 63.0 Å². The van der Waals surface area contributed by atoms with Gasteiger partial charge in [-0.2, -0.15) is 0 Å². The number of hydrogen-bond acceptors (Lipinski definition) is 5. The van der Waals surface area contributed by atoms with Gasteiger partial charge in [0, 0.05) is 12.2 Å². The summed E-state index contributed by atoms with van der Waals surface area (Å²) in [7, 11) is 1.31. The van der Waals surface area contributed by atoms with E-state index < -0.39 is 17.9 Å². The number of esters is 1. The van der Waals surface area contributed by atoms with Crippen molar-refractivity contribution in [3.8, 4) is 0 Å². The monoisotopic (exact) mass is 491 g/mol. The Morgan fingerprint density at radius 3 is 2.58 bits per heavy atom. The number of nitrogens with one attached hydrogen (secondary N) is 2. The van der Waals surface area contributed by atoms with Crippen molar-refractivity contribution in [1.82, 2.24) is 10.3 Å². The Labute approximate surface area is 205 Å². The third kappa shape index (κ3) is 7.34. The average Bonchev–Trinajstić information content (AvgIpc) is 2.82. The number of aryl methyl sites for hydroxylation is 2. The van der Waals surface area contributed by atoms with Crippen molar-refractivity contribution < 1.29 is 14.3 Å². The number of aromatic nitrogens is 1. The minimum Gasteiger partial charge on any atom is -0.467 e. The molecule has 2 aromatic rings. The second-order valence-electron chi connectivity index (χ2n) is 8.29. The van der Waals surface area contributed by atoms with Crippen molar-refractivity contribution >= 4 is 40.9 Å². The number of amides is 1. The van der Waals surface area contributed by atoms with Crippen molar-refractivity contribution in [3.05, 3.63) is 57.2 Å². The lowest BCUT2D eigenvalue weighted by Crippen LogP contribution is -2.41. The molecule has 0 aliphatic carbocycles. The van der Waals surface area contributed by atoms with Gasteiger partial charge in [-0.1, -0.05) is 61.0 Å². The summed E-state index contributed by atoms with van der Waals surface area (Å²) in [5.41, 5.74) is 2.62. The Morgan fingerprint density at radius 1 is 1.09 bits per heavy atom. The number of ether oxygens (including phenoxy) is 1. The van der Waals surface area contributed by atoms with E-state index in [-0.39, 0.29) is 15.6 Å². The molecule has 1 aliphatic heterocycles. The molecule has 33 heavy (non-hydrogen) atoms. The Hall–Kier alpha value is -2.31. The molecule has 3 rings (SSSR count). The molecule has 0 fully saturated rings. The van der Waals surface area contributed by atoms with Crippen LogP contribution in [0.25, 0.3) is 0 Å². The molecule has 1 amide bonds. The highest BCUT2D eigenvalue weighted by Crippen LogP contribution is 2.24. The standard InChI is InChI=1S/C25H31Cl2N3O3/c1-33-25(32)21(30-24(31)22-19(26)11-7-12-20(22)27)13-6-4-2-3-5-10-18-15-14-17-9-8-16-28-23(17)29-18/h7,11-12,14-15,21H,2-6,8-10,13,16H2,1H3,(H,28,29)(H,30,31)/t21-/m0/s1. The number of rotatable bonds is 11. The highest BCUT2D eigenvalue weighted by molar-refractivity contribution is 6.39. The maximum absolute atomic E-state index is 12.6. The second kappa shape index (κ2) is 12.8. The van der Waals surface area contributed by atoms with Crippen LogP contribution in [0.5, 0.6) is 0 Å². The van der Waals surface area contributed by atoms with Gasteiger partial charge in [0.15, 0.2) is 0 Å². The molecule has 2 heterocycles. The fraction of sp³-hybridized carbons (Fsp3) is 0.480. The van der Waals surface area contributed by atoms with Crippen LogP contribution in [0.3, 0.4) is 0 Å². The summed E-state index contributed by atoms with van der Waals surface area (Å²) in [4.78, 5) is 29.5. The number of hydrogen-bond donors (Lipinski definition) is 2. The second-order valence-corrected chi connectivity index (χ2v) is 9.11. The molecule has 2 N–H and O–H groups in total. The summed E-state index contributed by atoms with van der Waals surface area (Å²) in [5.74, 6) is 0.0967. The number of unbranched alkanes of at least 4 members (excludes halogenated alkanes) is 4. The largest absolute Gasteiger partial charge is 0.467 e. The van der Waals surface area contributed by atoms with Crippen molar-refractivity contribution in [2.24, 2.45) is 0 Å². The summed E-state index contributed by atoms with van der Waals surface area (Å²) < 4.78 is 4.86. The van der Waals surface area contributed by atoms with Crippen molar-refractivity contribution in [1.29, 1.82) is 0 Å². The van der Waals surface area contributed by atoms with E-state index in [0.29, 0.717) is 6.42 Å². The van der Waals surface area contributed by atoms with Crippen molar-refractivity contribution in [2.75, 3.05) is 19.0 Å². The molecular weight excluding hydrogens is 461 g/mol. The van der Waals surface area contributed by atoms with Gasteiger partial charge in [0.05, 0.1) is 22.7 Å². The fourth-order valence-corrected chi connectivity index (χ4v) is 4.60. The fourth-order valence-electron chi connectivity index (χ4n) is 4.03. The van der Waals surface area contributed by atoms with Gasteiger partial charge in [-0.05, 0) is 55.9 Å². The van der Waals surface area contributed by atoms with E-state index in [9.17, 15) is 9.59 Å². The van der Waals surface area contributed by atoms with Crippen molar-refractivity contribution in [3.63, 3.8) is 0 Å². The highest BCUT2D eigenvalue weighted by atomic mass is 35.5. The van der Waals surface area contributed by atoms with E-state index >= 15 is 0 Å². The van der Waals surface area contributed by atoms with Gasteiger partial charge in [-0.15, -0.1) is 0 Å².